The number of halogens is 2. The third-order valence-corrected chi connectivity index (χ3v) is 4.71. The van der Waals surface area contributed by atoms with Crippen molar-refractivity contribution in [1.82, 2.24) is 10.3 Å². The Balaban J connectivity index is 1.53. The maximum atomic E-state index is 13.8. The predicted octanol–water partition coefficient (Wildman–Crippen LogP) is 4.93. The van der Waals surface area contributed by atoms with E-state index in [4.69, 9.17) is 11.6 Å². The summed E-state index contributed by atoms with van der Waals surface area (Å²) in [7, 11) is 0. The zero-order valence-electron chi connectivity index (χ0n) is 12.4. The molecule has 0 aliphatic heterocycles. The summed E-state index contributed by atoms with van der Waals surface area (Å²) in [5.74, 6) is -0.211. The van der Waals surface area contributed by atoms with Gasteiger partial charge in [0, 0.05) is 23.3 Å². The van der Waals surface area contributed by atoms with Crippen molar-refractivity contribution in [2.45, 2.75) is 13.0 Å². The highest BCUT2D eigenvalue weighted by atomic mass is 35.5. The van der Waals surface area contributed by atoms with Gasteiger partial charge in [-0.1, -0.05) is 41.9 Å². The summed E-state index contributed by atoms with van der Waals surface area (Å²) in [6.07, 6.45) is 2.64. The number of thiazole rings is 1. The van der Waals surface area contributed by atoms with Gasteiger partial charge in [0.2, 0.25) is 0 Å². The molecule has 0 aliphatic carbocycles. The molecule has 0 bridgehead atoms. The first kappa shape index (κ1) is 16.1. The number of rotatable bonds is 6. The van der Waals surface area contributed by atoms with E-state index in [1.165, 1.54) is 23.0 Å². The molecule has 0 aliphatic rings. The van der Waals surface area contributed by atoms with Crippen LogP contribution in [0.2, 0.25) is 5.02 Å². The molecule has 2 nitrogen and oxygen atoms in total. The lowest BCUT2D eigenvalue weighted by atomic mass is 10.1. The van der Waals surface area contributed by atoms with Crippen LogP contribution in [0, 0.1) is 5.82 Å². The van der Waals surface area contributed by atoms with Gasteiger partial charge in [-0.2, -0.15) is 0 Å². The molecule has 0 fully saturated rings. The molecule has 118 valence electrons. The molecule has 0 saturated carbocycles. The maximum Gasteiger partial charge on any atom is 0.131 e. The smallest absolute Gasteiger partial charge is 0.131 e. The lowest BCUT2D eigenvalue weighted by Crippen LogP contribution is -2.16. The van der Waals surface area contributed by atoms with Crippen LogP contribution in [0.25, 0.3) is 10.4 Å². The fraction of sp³-hybridized carbons (Fsp3) is 0.167. The first-order valence-electron chi connectivity index (χ1n) is 7.37. The second-order valence-electron chi connectivity index (χ2n) is 5.15. The van der Waals surface area contributed by atoms with E-state index in [0.717, 1.165) is 27.9 Å². The van der Waals surface area contributed by atoms with Gasteiger partial charge in [0.25, 0.3) is 0 Å². The summed E-state index contributed by atoms with van der Waals surface area (Å²) in [6, 6.07) is 14.6. The van der Waals surface area contributed by atoms with Gasteiger partial charge < -0.3 is 5.32 Å². The van der Waals surface area contributed by atoms with Gasteiger partial charge in [0.1, 0.15) is 10.8 Å². The number of nitrogens with one attached hydrogen (secondary N) is 1. The average Bonchev–Trinajstić information content (AvgIpc) is 3.01. The molecule has 1 heterocycles. The van der Waals surface area contributed by atoms with Crippen LogP contribution < -0.4 is 5.32 Å². The molecule has 0 radical (unpaired) electrons. The number of aromatic nitrogens is 1. The first-order chi connectivity index (χ1) is 11.2. The van der Waals surface area contributed by atoms with Crippen LogP contribution in [0.1, 0.15) is 10.6 Å². The van der Waals surface area contributed by atoms with Crippen molar-refractivity contribution in [1.29, 1.82) is 0 Å². The minimum atomic E-state index is -0.211. The van der Waals surface area contributed by atoms with E-state index in [1.807, 2.05) is 24.3 Å². The molecule has 2 aromatic carbocycles. The molecule has 3 rings (SSSR count). The number of hydrogen-bond donors (Lipinski definition) is 1. The Morgan fingerprint density at radius 2 is 2.00 bits per heavy atom. The molecule has 0 saturated heterocycles. The summed E-state index contributed by atoms with van der Waals surface area (Å²) in [5, 5.41) is 5.07. The van der Waals surface area contributed by atoms with Crippen molar-refractivity contribution >= 4 is 22.9 Å². The van der Waals surface area contributed by atoms with E-state index in [-0.39, 0.29) is 5.82 Å². The van der Waals surface area contributed by atoms with Gasteiger partial charge in [-0.05, 0) is 36.7 Å². The van der Waals surface area contributed by atoms with Crippen LogP contribution in [0.15, 0.2) is 54.7 Å². The Labute approximate surface area is 144 Å². The van der Waals surface area contributed by atoms with Crippen molar-refractivity contribution in [2.75, 3.05) is 6.54 Å². The van der Waals surface area contributed by atoms with E-state index in [9.17, 15) is 4.39 Å². The Morgan fingerprint density at radius 3 is 2.83 bits per heavy atom. The number of nitrogens with zero attached hydrogens (tertiary/aromatic N) is 1. The van der Waals surface area contributed by atoms with Gasteiger partial charge in [-0.25, -0.2) is 9.37 Å². The number of hydrogen-bond acceptors (Lipinski definition) is 3. The van der Waals surface area contributed by atoms with Gasteiger partial charge in [-0.15, -0.1) is 11.3 Å². The minimum Gasteiger partial charge on any atom is -0.310 e. The Hall–Kier alpha value is -1.75. The molecule has 0 spiro atoms. The third kappa shape index (κ3) is 4.38. The highest BCUT2D eigenvalue weighted by Gasteiger charge is 2.08. The van der Waals surface area contributed by atoms with Gasteiger partial charge in [0.15, 0.2) is 0 Å². The number of benzene rings is 2. The standard InChI is InChI=1S/C18H16ClFN2S/c19-14-5-3-4-13(10-14)8-9-21-12-18-22-11-17(23-18)15-6-1-2-7-16(15)20/h1-7,10-11,21H,8-9,12H2. The SMILES string of the molecule is Fc1ccccc1-c1cnc(CNCCc2cccc(Cl)c2)s1. The van der Waals surface area contributed by atoms with E-state index >= 15 is 0 Å². The van der Waals surface area contributed by atoms with Crippen LogP contribution >= 0.6 is 22.9 Å². The molecule has 0 unspecified atom stereocenters. The van der Waals surface area contributed by atoms with Crippen LogP contribution in [0.3, 0.4) is 0 Å². The van der Waals surface area contributed by atoms with E-state index < -0.39 is 0 Å². The molecule has 23 heavy (non-hydrogen) atoms. The normalized spacial score (nSPS) is 10.9. The molecule has 3 aromatic rings. The Morgan fingerprint density at radius 1 is 1.13 bits per heavy atom. The summed E-state index contributed by atoms with van der Waals surface area (Å²) >= 11 is 7.48. The quantitative estimate of drug-likeness (QED) is 0.640. The minimum absolute atomic E-state index is 0.211. The lowest BCUT2D eigenvalue weighted by molar-refractivity contribution is 0.631. The highest BCUT2D eigenvalue weighted by Crippen LogP contribution is 2.28. The Kier molecular flexibility index (Phi) is 5.39. The molecular formula is C18H16ClFN2S. The zero-order chi connectivity index (χ0) is 16.1. The van der Waals surface area contributed by atoms with Gasteiger partial charge >= 0.3 is 0 Å². The van der Waals surface area contributed by atoms with Crippen molar-refractivity contribution in [2.24, 2.45) is 0 Å². The molecule has 1 aromatic heterocycles. The summed E-state index contributed by atoms with van der Waals surface area (Å²) in [6.45, 7) is 1.52. The van der Waals surface area contributed by atoms with Crippen LogP contribution in [0.5, 0.6) is 0 Å². The molecule has 5 heteroatoms. The van der Waals surface area contributed by atoms with E-state index in [1.54, 1.807) is 18.3 Å². The zero-order valence-corrected chi connectivity index (χ0v) is 14.0. The molecule has 0 amide bonds. The molecule has 1 N–H and O–H groups in total. The van der Waals surface area contributed by atoms with Gasteiger partial charge in [0.05, 0.1) is 4.88 Å². The van der Waals surface area contributed by atoms with Crippen molar-refractivity contribution < 1.29 is 4.39 Å². The summed E-state index contributed by atoms with van der Waals surface area (Å²) in [4.78, 5) is 5.22. The van der Waals surface area contributed by atoms with Crippen LogP contribution in [-0.4, -0.2) is 11.5 Å². The molecular weight excluding hydrogens is 331 g/mol. The third-order valence-electron chi connectivity index (χ3n) is 3.45. The van der Waals surface area contributed by atoms with Crippen LogP contribution in [0.4, 0.5) is 4.39 Å². The highest BCUT2D eigenvalue weighted by molar-refractivity contribution is 7.15. The second-order valence-corrected chi connectivity index (χ2v) is 6.71. The van der Waals surface area contributed by atoms with Crippen molar-refractivity contribution in [3.63, 3.8) is 0 Å². The molecule has 0 atom stereocenters. The van der Waals surface area contributed by atoms with E-state index in [2.05, 4.69) is 16.4 Å². The average molecular weight is 347 g/mol. The van der Waals surface area contributed by atoms with Crippen LogP contribution in [-0.2, 0) is 13.0 Å². The summed E-state index contributed by atoms with van der Waals surface area (Å²) in [5.41, 5.74) is 1.81. The lowest BCUT2D eigenvalue weighted by Gasteiger charge is -2.03. The van der Waals surface area contributed by atoms with Gasteiger partial charge in [-0.3, -0.25) is 0 Å². The maximum absolute atomic E-state index is 13.8. The fourth-order valence-corrected chi connectivity index (χ4v) is 3.43. The van der Waals surface area contributed by atoms with Crippen molar-refractivity contribution in [3.8, 4) is 10.4 Å². The first-order valence-corrected chi connectivity index (χ1v) is 8.56. The summed E-state index contributed by atoms with van der Waals surface area (Å²) < 4.78 is 13.8. The van der Waals surface area contributed by atoms with Crippen molar-refractivity contribution in [3.05, 3.63) is 76.1 Å². The van der Waals surface area contributed by atoms with E-state index in [0.29, 0.717) is 12.1 Å². The second kappa shape index (κ2) is 7.68. The fourth-order valence-electron chi connectivity index (χ4n) is 2.30. The Bertz CT molecular complexity index is 788. The predicted molar refractivity (Wildman–Crippen MR) is 94.4 cm³/mol. The monoisotopic (exact) mass is 346 g/mol. The largest absolute Gasteiger partial charge is 0.310 e. The topological polar surface area (TPSA) is 24.9 Å².